The molecule has 0 saturated heterocycles. The zero-order valence-electron chi connectivity index (χ0n) is 34.9. The standard InChI is InChI=1S/C48H35N5O12S3/c54-43(25-26-44(55)56)53-34-4-2-1-3-33(34)48-41-23-21-39(51-41)46(28-7-13-31(14-8-28)67(60,61)62)37-19-17-35(49-37)45(27-5-11-30(12-6-27)66(57,58)59)36-18-20-38(50-36)47(40-22-24-42(48)52-40)29-9-15-32(16-10-29)68(63,64)65/h1-24,49,52H,25-26H2,(H,53,54)(H,55,56)(H,57,58,59)(H,60,61,62)(H,63,64,65). The van der Waals surface area contributed by atoms with Crippen molar-refractivity contribution in [3.63, 3.8) is 0 Å². The molecule has 17 nitrogen and oxygen atoms in total. The summed E-state index contributed by atoms with van der Waals surface area (Å²) in [6.07, 6.45) is 6.28. The first-order valence-electron chi connectivity index (χ1n) is 20.3. The smallest absolute Gasteiger partial charge is 0.303 e. The third kappa shape index (κ3) is 9.14. The largest absolute Gasteiger partial charge is 0.481 e. The van der Waals surface area contributed by atoms with Crippen LogP contribution in [0.3, 0.4) is 0 Å². The van der Waals surface area contributed by atoms with Gasteiger partial charge in [-0.05, 0) is 108 Å². The van der Waals surface area contributed by atoms with Gasteiger partial charge in [-0.1, -0.05) is 54.6 Å². The van der Waals surface area contributed by atoms with Crippen molar-refractivity contribution in [2.75, 3.05) is 5.32 Å². The summed E-state index contributed by atoms with van der Waals surface area (Å²) in [7, 11) is -13.7. The Kier molecular flexibility index (Phi) is 11.6. The molecule has 0 unspecified atom stereocenters. The number of hydrogen-bond acceptors (Lipinski definition) is 10. The van der Waals surface area contributed by atoms with Crippen LogP contribution in [0.1, 0.15) is 35.6 Å². The number of rotatable bonds is 11. The van der Waals surface area contributed by atoms with Crippen LogP contribution in [0.25, 0.3) is 90.9 Å². The van der Waals surface area contributed by atoms with Crippen molar-refractivity contribution >= 4 is 94.3 Å². The molecule has 9 rings (SSSR count). The second-order valence-electron chi connectivity index (χ2n) is 15.5. The predicted octanol–water partition coefficient (Wildman–Crippen LogP) is 8.87. The number of carbonyl (C=O) groups excluding carboxylic acids is 1. The molecule has 0 atom stereocenters. The molecule has 342 valence electrons. The summed E-state index contributed by atoms with van der Waals surface area (Å²) in [4.78, 5) is 40.6. The maximum Gasteiger partial charge on any atom is 0.303 e. The molecule has 68 heavy (non-hydrogen) atoms. The third-order valence-corrected chi connectivity index (χ3v) is 13.7. The molecule has 3 aromatic heterocycles. The summed E-state index contributed by atoms with van der Waals surface area (Å²) in [5.74, 6) is -1.69. The predicted molar refractivity (Wildman–Crippen MR) is 256 cm³/mol. The van der Waals surface area contributed by atoms with Gasteiger partial charge in [0.2, 0.25) is 5.91 Å². The molecule has 8 bridgehead atoms. The fourth-order valence-electron chi connectivity index (χ4n) is 8.02. The molecule has 2 aliphatic rings. The zero-order valence-corrected chi connectivity index (χ0v) is 37.4. The first-order valence-corrected chi connectivity index (χ1v) is 24.6. The van der Waals surface area contributed by atoms with Gasteiger partial charge in [-0.3, -0.25) is 23.2 Å². The van der Waals surface area contributed by atoms with Crippen LogP contribution in [0.4, 0.5) is 5.69 Å². The summed E-state index contributed by atoms with van der Waals surface area (Å²) in [6.45, 7) is 0. The number of H-pyrrole nitrogens is 2. The molecule has 7 N–H and O–H groups in total. The van der Waals surface area contributed by atoms with Gasteiger partial charge in [0.15, 0.2) is 0 Å². The van der Waals surface area contributed by atoms with E-state index in [4.69, 9.17) is 9.97 Å². The normalized spacial score (nSPS) is 12.6. The van der Waals surface area contributed by atoms with Crippen molar-refractivity contribution in [2.24, 2.45) is 0 Å². The minimum absolute atomic E-state index is 0.296. The highest BCUT2D eigenvalue weighted by molar-refractivity contribution is 7.86. The molecular weight excluding hydrogens is 935 g/mol. The first-order chi connectivity index (χ1) is 32.3. The fraction of sp³-hybridized carbons (Fsp3) is 0.0417. The topological polar surface area (TPSA) is 287 Å². The van der Waals surface area contributed by atoms with Crippen LogP contribution in [0.5, 0.6) is 0 Å². The molecule has 1 amide bonds. The molecule has 7 aromatic rings. The maximum absolute atomic E-state index is 13.1. The van der Waals surface area contributed by atoms with Crippen LogP contribution in [-0.2, 0) is 39.9 Å². The highest BCUT2D eigenvalue weighted by atomic mass is 32.2. The lowest BCUT2D eigenvalue weighted by atomic mass is 10.0. The zero-order chi connectivity index (χ0) is 48.1. The Morgan fingerprint density at radius 3 is 1.15 bits per heavy atom. The molecule has 0 aliphatic carbocycles. The van der Waals surface area contributed by atoms with Gasteiger partial charge < -0.3 is 20.4 Å². The molecule has 0 spiro atoms. The van der Waals surface area contributed by atoms with Gasteiger partial charge in [-0.15, -0.1) is 0 Å². The molecule has 0 fully saturated rings. The van der Waals surface area contributed by atoms with Crippen LogP contribution in [-0.4, -0.2) is 75.8 Å². The van der Waals surface area contributed by atoms with E-state index in [1.165, 1.54) is 72.8 Å². The number of carboxylic acid groups (broad SMARTS) is 1. The number of benzene rings is 4. The number of aliphatic carboxylic acids is 1. The lowest BCUT2D eigenvalue weighted by Crippen LogP contribution is -2.13. The van der Waals surface area contributed by atoms with Crippen molar-refractivity contribution in [3.8, 4) is 44.5 Å². The van der Waals surface area contributed by atoms with Gasteiger partial charge in [0, 0.05) is 62.0 Å². The number of amides is 1. The quantitative estimate of drug-likeness (QED) is 0.0596. The Bertz CT molecular complexity index is 3750. The second-order valence-corrected chi connectivity index (χ2v) is 19.8. The summed E-state index contributed by atoms with van der Waals surface area (Å²) in [5, 5.41) is 12.1. The Labute approximate surface area is 387 Å². The van der Waals surface area contributed by atoms with Gasteiger partial charge in [-0.2, -0.15) is 25.3 Å². The van der Waals surface area contributed by atoms with Crippen molar-refractivity contribution in [1.29, 1.82) is 0 Å². The number of fused-ring (bicyclic) bond motifs is 8. The van der Waals surface area contributed by atoms with E-state index in [1.807, 2.05) is 0 Å². The lowest BCUT2D eigenvalue weighted by Gasteiger charge is -2.12. The fourth-order valence-corrected chi connectivity index (χ4v) is 9.46. The molecular formula is C48H35N5O12S3. The highest BCUT2D eigenvalue weighted by Crippen LogP contribution is 2.40. The van der Waals surface area contributed by atoms with Crippen molar-refractivity contribution in [2.45, 2.75) is 27.5 Å². The van der Waals surface area contributed by atoms with Crippen LogP contribution in [0.2, 0.25) is 0 Å². The van der Waals surface area contributed by atoms with Crippen LogP contribution in [0, 0.1) is 0 Å². The van der Waals surface area contributed by atoms with Crippen LogP contribution >= 0.6 is 0 Å². The van der Waals surface area contributed by atoms with Gasteiger partial charge in [0.05, 0.1) is 43.9 Å². The number of para-hydroxylation sites is 1. The number of aromatic nitrogens is 4. The number of aromatic amines is 2. The van der Waals surface area contributed by atoms with Crippen molar-refractivity contribution in [3.05, 3.63) is 144 Å². The highest BCUT2D eigenvalue weighted by Gasteiger charge is 2.22. The molecule has 5 heterocycles. The minimum atomic E-state index is -4.56. The minimum Gasteiger partial charge on any atom is -0.481 e. The SMILES string of the molecule is O=C(O)CCC(=O)Nc1ccccc1-c1c2nc(c(-c3ccc(S(=O)(=O)O)cc3)c3ccc([nH]3)c(-c3ccc(S(=O)(=O)O)cc3)c3nc(c(-c4ccc(S(=O)(=O)O)cc4)c4ccc1[nH]4)C=C3)C=C2. The van der Waals surface area contributed by atoms with E-state index < -0.39 is 48.7 Å². The summed E-state index contributed by atoms with van der Waals surface area (Å²) in [6, 6.07) is 30.5. The van der Waals surface area contributed by atoms with E-state index in [-0.39, 0.29) is 21.1 Å². The number of anilines is 1. The van der Waals surface area contributed by atoms with E-state index in [0.29, 0.717) is 95.0 Å². The number of carboxylic acids is 1. The number of nitrogens with zero attached hydrogens (tertiary/aromatic N) is 2. The molecule has 0 saturated carbocycles. The maximum atomic E-state index is 13.1. The Balaban J connectivity index is 1.42. The average molecular weight is 970 g/mol. The molecule has 4 aromatic carbocycles. The van der Waals surface area contributed by atoms with Crippen molar-refractivity contribution < 1.29 is 53.6 Å². The Morgan fingerprint density at radius 1 is 0.456 bits per heavy atom. The van der Waals surface area contributed by atoms with E-state index >= 15 is 0 Å². The van der Waals surface area contributed by atoms with Gasteiger partial charge in [0.25, 0.3) is 30.4 Å². The molecule has 0 radical (unpaired) electrons. The second kappa shape index (κ2) is 17.4. The average Bonchev–Trinajstić information content (AvgIpc) is 4.14. The first kappa shape index (κ1) is 45.3. The third-order valence-electron chi connectivity index (χ3n) is 11.1. The molecule has 20 heteroatoms. The van der Waals surface area contributed by atoms with E-state index in [0.717, 1.165) is 0 Å². The summed E-state index contributed by atoms with van der Waals surface area (Å²) >= 11 is 0. The van der Waals surface area contributed by atoms with E-state index in [2.05, 4.69) is 15.3 Å². The lowest BCUT2D eigenvalue weighted by molar-refractivity contribution is -0.138. The van der Waals surface area contributed by atoms with Gasteiger partial charge in [0.1, 0.15) is 0 Å². The Morgan fingerprint density at radius 2 is 0.794 bits per heavy atom. The monoisotopic (exact) mass is 969 g/mol. The molecule has 2 aliphatic heterocycles. The Hall–Kier alpha value is -7.85. The van der Waals surface area contributed by atoms with Gasteiger partial charge >= 0.3 is 5.97 Å². The number of carbonyl (C=O) groups is 2. The van der Waals surface area contributed by atoms with Gasteiger partial charge in [-0.25, -0.2) is 9.97 Å². The van der Waals surface area contributed by atoms with Crippen LogP contribution in [0.15, 0.2) is 136 Å². The summed E-state index contributed by atoms with van der Waals surface area (Å²) in [5.41, 5.74) is 7.73. The number of hydrogen-bond donors (Lipinski definition) is 7. The van der Waals surface area contributed by atoms with E-state index in [1.54, 1.807) is 72.8 Å². The van der Waals surface area contributed by atoms with Crippen LogP contribution < -0.4 is 5.32 Å². The summed E-state index contributed by atoms with van der Waals surface area (Å²) < 4.78 is 102. The van der Waals surface area contributed by atoms with E-state index in [9.17, 15) is 53.6 Å². The number of nitrogens with one attached hydrogen (secondary N) is 3. The van der Waals surface area contributed by atoms with Crippen molar-refractivity contribution in [1.82, 2.24) is 19.9 Å².